The van der Waals surface area contributed by atoms with Gasteiger partial charge in [0.25, 0.3) is 0 Å². The first-order chi connectivity index (χ1) is 6.20. The van der Waals surface area contributed by atoms with E-state index in [0.717, 1.165) is 25.7 Å². The second kappa shape index (κ2) is 5.40. The van der Waals surface area contributed by atoms with Gasteiger partial charge in [0.2, 0.25) is 0 Å². The lowest BCUT2D eigenvalue weighted by Crippen LogP contribution is -2.43. The monoisotopic (exact) mass is 183 g/mol. The van der Waals surface area contributed by atoms with E-state index >= 15 is 0 Å². The van der Waals surface area contributed by atoms with Gasteiger partial charge < -0.3 is 10.4 Å². The molecule has 0 aromatic heterocycles. The van der Waals surface area contributed by atoms with Crippen LogP contribution < -0.4 is 5.32 Å². The topological polar surface area (TPSA) is 32.3 Å². The molecule has 0 saturated carbocycles. The molecule has 0 spiro atoms. The van der Waals surface area contributed by atoms with E-state index in [1.807, 2.05) is 0 Å². The average molecular weight is 183 g/mol. The van der Waals surface area contributed by atoms with E-state index in [-0.39, 0.29) is 12.1 Å². The Labute approximate surface area is 81.0 Å². The predicted octanol–water partition coefficient (Wildman–Crippen LogP) is 1.84. The van der Waals surface area contributed by atoms with E-state index in [2.05, 4.69) is 31.3 Å². The Kier molecular flexibility index (Phi) is 4.46. The molecule has 76 valence electrons. The highest BCUT2D eigenvalue weighted by atomic mass is 16.3. The first-order valence-electron chi connectivity index (χ1n) is 5.29. The SMILES string of the molecule is CC(C)N[C@@H]1CCC=CCC[C@H]1O. The van der Waals surface area contributed by atoms with Crippen LogP contribution in [0.3, 0.4) is 0 Å². The van der Waals surface area contributed by atoms with E-state index in [9.17, 15) is 5.11 Å². The van der Waals surface area contributed by atoms with E-state index in [1.54, 1.807) is 0 Å². The maximum Gasteiger partial charge on any atom is 0.0696 e. The van der Waals surface area contributed by atoms with Crippen molar-refractivity contribution >= 4 is 0 Å². The lowest BCUT2D eigenvalue weighted by Gasteiger charge is -2.26. The van der Waals surface area contributed by atoms with Crippen LogP contribution in [0.2, 0.25) is 0 Å². The number of rotatable bonds is 2. The molecule has 1 rings (SSSR count). The molecule has 13 heavy (non-hydrogen) atoms. The molecule has 0 aliphatic heterocycles. The van der Waals surface area contributed by atoms with Crippen molar-refractivity contribution in [1.82, 2.24) is 5.32 Å². The first kappa shape index (κ1) is 10.7. The van der Waals surface area contributed by atoms with Crippen LogP contribution in [0.1, 0.15) is 39.5 Å². The molecule has 0 bridgehead atoms. The molecule has 2 N–H and O–H groups in total. The minimum Gasteiger partial charge on any atom is -0.391 e. The minimum absolute atomic E-state index is 0.174. The lowest BCUT2D eigenvalue weighted by atomic mass is 9.97. The van der Waals surface area contributed by atoms with Crippen LogP contribution in [0.15, 0.2) is 12.2 Å². The summed E-state index contributed by atoms with van der Waals surface area (Å²) in [6.45, 7) is 4.25. The molecule has 0 amide bonds. The van der Waals surface area contributed by atoms with Gasteiger partial charge in [0.1, 0.15) is 0 Å². The third-order valence-corrected chi connectivity index (χ3v) is 2.45. The summed E-state index contributed by atoms with van der Waals surface area (Å²) in [6.07, 6.45) is 8.26. The van der Waals surface area contributed by atoms with Gasteiger partial charge in [-0.05, 0) is 25.7 Å². The van der Waals surface area contributed by atoms with Crippen LogP contribution in [0.5, 0.6) is 0 Å². The third-order valence-electron chi connectivity index (χ3n) is 2.45. The molecular weight excluding hydrogens is 162 g/mol. The Hall–Kier alpha value is -0.340. The van der Waals surface area contributed by atoms with Gasteiger partial charge in [-0.15, -0.1) is 0 Å². The van der Waals surface area contributed by atoms with Crippen molar-refractivity contribution in [2.45, 2.75) is 57.7 Å². The number of aliphatic hydroxyl groups is 1. The lowest BCUT2D eigenvalue weighted by molar-refractivity contribution is 0.109. The predicted molar refractivity (Wildman–Crippen MR) is 55.7 cm³/mol. The van der Waals surface area contributed by atoms with Gasteiger partial charge >= 0.3 is 0 Å². The van der Waals surface area contributed by atoms with Crippen LogP contribution in [0, 0.1) is 0 Å². The van der Waals surface area contributed by atoms with Gasteiger partial charge in [-0.2, -0.15) is 0 Å². The Morgan fingerprint density at radius 3 is 2.46 bits per heavy atom. The molecule has 0 aromatic carbocycles. The molecule has 0 saturated heterocycles. The van der Waals surface area contributed by atoms with Crippen molar-refractivity contribution in [3.05, 3.63) is 12.2 Å². The molecule has 1 aliphatic carbocycles. The summed E-state index contributed by atoms with van der Waals surface area (Å²) >= 11 is 0. The standard InChI is InChI=1S/C11H21NO/c1-9(2)12-10-7-5-3-4-6-8-11(10)13/h3-4,9-13H,5-8H2,1-2H3/t10-,11-/m1/s1. The fourth-order valence-electron chi connectivity index (χ4n) is 1.79. The van der Waals surface area contributed by atoms with E-state index < -0.39 is 0 Å². The zero-order chi connectivity index (χ0) is 9.68. The number of hydrogen-bond donors (Lipinski definition) is 2. The summed E-state index contributed by atoms with van der Waals surface area (Å²) in [5.74, 6) is 0. The van der Waals surface area contributed by atoms with Crippen molar-refractivity contribution in [3.63, 3.8) is 0 Å². The number of hydrogen-bond acceptors (Lipinski definition) is 2. The van der Waals surface area contributed by atoms with Gasteiger partial charge in [0.15, 0.2) is 0 Å². The molecular formula is C11H21NO. The Bertz CT molecular complexity index is 165. The first-order valence-corrected chi connectivity index (χ1v) is 5.29. The highest BCUT2D eigenvalue weighted by Crippen LogP contribution is 2.13. The quantitative estimate of drug-likeness (QED) is 0.640. The third kappa shape index (κ3) is 3.92. The van der Waals surface area contributed by atoms with E-state index in [1.165, 1.54) is 0 Å². The summed E-state index contributed by atoms with van der Waals surface area (Å²) in [5.41, 5.74) is 0. The maximum absolute atomic E-state index is 9.83. The van der Waals surface area contributed by atoms with Crippen LogP contribution in [0.4, 0.5) is 0 Å². The highest BCUT2D eigenvalue weighted by Gasteiger charge is 2.19. The van der Waals surface area contributed by atoms with Gasteiger partial charge in [-0.1, -0.05) is 26.0 Å². The molecule has 0 unspecified atom stereocenters. The molecule has 0 fully saturated rings. The Balaban J connectivity index is 2.44. The number of aliphatic hydroxyl groups excluding tert-OH is 1. The molecule has 0 radical (unpaired) electrons. The van der Waals surface area contributed by atoms with Crippen molar-refractivity contribution in [2.24, 2.45) is 0 Å². The zero-order valence-electron chi connectivity index (χ0n) is 8.66. The smallest absolute Gasteiger partial charge is 0.0696 e. The van der Waals surface area contributed by atoms with Gasteiger partial charge in [0, 0.05) is 12.1 Å². The van der Waals surface area contributed by atoms with E-state index in [0.29, 0.717) is 6.04 Å². The van der Waals surface area contributed by atoms with Crippen molar-refractivity contribution < 1.29 is 5.11 Å². The van der Waals surface area contributed by atoms with Crippen molar-refractivity contribution in [2.75, 3.05) is 0 Å². The fraction of sp³-hybridized carbons (Fsp3) is 0.818. The summed E-state index contributed by atoms with van der Waals surface area (Å²) < 4.78 is 0. The number of nitrogens with one attached hydrogen (secondary N) is 1. The minimum atomic E-state index is -0.174. The Morgan fingerprint density at radius 2 is 1.85 bits per heavy atom. The Morgan fingerprint density at radius 1 is 1.23 bits per heavy atom. The summed E-state index contributed by atoms with van der Waals surface area (Å²) in [7, 11) is 0. The second-order valence-corrected chi connectivity index (χ2v) is 4.12. The largest absolute Gasteiger partial charge is 0.391 e. The van der Waals surface area contributed by atoms with Crippen molar-refractivity contribution in [1.29, 1.82) is 0 Å². The molecule has 2 nitrogen and oxygen atoms in total. The van der Waals surface area contributed by atoms with Gasteiger partial charge in [-0.3, -0.25) is 0 Å². The number of allylic oxidation sites excluding steroid dienone is 2. The van der Waals surface area contributed by atoms with Crippen LogP contribution >= 0.6 is 0 Å². The normalized spacial score (nSPS) is 30.2. The van der Waals surface area contributed by atoms with Crippen LogP contribution in [-0.2, 0) is 0 Å². The summed E-state index contributed by atoms with van der Waals surface area (Å²) in [5, 5.41) is 13.2. The van der Waals surface area contributed by atoms with Gasteiger partial charge in [0.05, 0.1) is 6.10 Å². The van der Waals surface area contributed by atoms with Crippen LogP contribution in [-0.4, -0.2) is 23.3 Å². The van der Waals surface area contributed by atoms with Gasteiger partial charge in [-0.25, -0.2) is 0 Å². The fourth-order valence-corrected chi connectivity index (χ4v) is 1.79. The molecule has 0 aromatic rings. The maximum atomic E-state index is 9.83. The molecule has 2 atom stereocenters. The second-order valence-electron chi connectivity index (χ2n) is 4.12. The molecule has 0 heterocycles. The van der Waals surface area contributed by atoms with Crippen molar-refractivity contribution in [3.8, 4) is 0 Å². The van der Waals surface area contributed by atoms with Crippen LogP contribution in [0.25, 0.3) is 0 Å². The zero-order valence-corrected chi connectivity index (χ0v) is 8.66. The average Bonchev–Trinajstić information content (AvgIpc) is 2.04. The molecule has 1 aliphatic rings. The summed E-state index contributed by atoms with van der Waals surface area (Å²) in [4.78, 5) is 0. The molecule has 2 heteroatoms. The summed E-state index contributed by atoms with van der Waals surface area (Å²) in [6, 6.07) is 0.744. The highest BCUT2D eigenvalue weighted by molar-refractivity contribution is 4.90. The van der Waals surface area contributed by atoms with E-state index in [4.69, 9.17) is 0 Å².